The van der Waals surface area contributed by atoms with Gasteiger partial charge in [0.1, 0.15) is 0 Å². The van der Waals surface area contributed by atoms with E-state index in [-0.39, 0.29) is 12.4 Å². The molecule has 20 heavy (non-hydrogen) atoms. The van der Waals surface area contributed by atoms with Crippen molar-refractivity contribution < 1.29 is 18.0 Å². The van der Waals surface area contributed by atoms with E-state index in [0.29, 0.717) is 30.8 Å². The molecule has 1 aromatic heterocycles. The van der Waals surface area contributed by atoms with E-state index in [9.17, 15) is 8.78 Å². The molecule has 0 saturated heterocycles. The summed E-state index contributed by atoms with van der Waals surface area (Å²) >= 11 is 0. The zero-order valence-corrected chi connectivity index (χ0v) is 11.0. The van der Waals surface area contributed by atoms with Crippen molar-refractivity contribution in [3.05, 3.63) is 41.0 Å². The first-order valence-electron chi connectivity index (χ1n) is 6.26. The van der Waals surface area contributed by atoms with Crippen LogP contribution >= 0.6 is 0 Å². The van der Waals surface area contributed by atoms with Crippen LogP contribution < -0.4 is 10.5 Å². The number of hydrogen-bond acceptors (Lipinski definition) is 5. The molecule has 5 nitrogen and oxygen atoms in total. The molecule has 1 aromatic carbocycles. The number of halogens is 2. The Labute approximate surface area is 114 Å². The van der Waals surface area contributed by atoms with Gasteiger partial charge in [-0.25, -0.2) is 8.78 Å². The summed E-state index contributed by atoms with van der Waals surface area (Å²) in [7, 11) is 0. The van der Waals surface area contributed by atoms with Gasteiger partial charge in [0, 0.05) is 6.42 Å². The van der Waals surface area contributed by atoms with Crippen molar-refractivity contribution in [2.24, 2.45) is 5.73 Å². The number of aryl methyl sites for hydroxylation is 1. The quantitative estimate of drug-likeness (QED) is 0.877. The maximum atomic E-state index is 13.7. The van der Waals surface area contributed by atoms with Gasteiger partial charge in [0.15, 0.2) is 24.0 Å². The number of aromatic nitrogens is 2. The number of nitrogens with two attached hydrogens (primary N) is 1. The highest BCUT2D eigenvalue weighted by Gasteiger charge is 2.14. The lowest BCUT2D eigenvalue weighted by molar-refractivity contribution is 0.259. The highest BCUT2D eigenvalue weighted by Crippen LogP contribution is 2.24. The molecular formula is C13H15F2N3O2. The van der Waals surface area contributed by atoms with Gasteiger partial charge in [0.05, 0.1) is 0 Å². The minimum Gasteiger partial charge on any atom is -0.479 e. The molecule has 1 heterocycles. The third-order valence-corrected chi connectivity index (χ3v) is 2.65. The number of nitrogens with zero attached hydrogens (tertiary/aromatic N) is 2. The SMILES string of the molecule is CCc1nc(COc2c(F)cc(CCN)cc2F)no1. The Morgan fingerprint density at radius 1 is 1.30 bits per heavy atom. The summed E-state index contributed by atoms with van der Waals surface area (Å²) in [5.74, 6) is -1.30. The normalized spacial score (nSPS) is 10.8. The van der Waals surface area contributed by atoms with E-state index >= 15 is 0 Å². The fourth-order valence-corrected chi connectivity index (χ4v) is 1.69. The van der Waals surface area contributed by atoms with Crippen LogP contribution in [0.3, 0.4) is 0 Å². The van der Waals surface area contributed by atoms with Crippen molar-refractivity contribution in [2.45, 2.75) is 26.4 Å². The molecule has 0 spiro atoms. The van der Waals surface area contributed by atoms with Crippen molar-refractivity contribution >= 4 is 0 Å². The van der Waals surface area contributed by atoms with E-state index in [1.54, 1.807) is 0 Å². The molecule has 0 bridgehead atoms. The van der Waals surface area contributed by atoms with Crippen LogP contribution in [0.2, 0.25) is 0 Å². The lowest BCUT2D eigenvalue weighted by Crippen LogP contribution is -2.06. The van der Waals surface area contributed by atoms with E-state index in [1.165, 1.54) is 12.1 Å². The molecule has 2 N–H and O–H groups in total. The van der Waals surface area contributed by atoms with E-state index in [1.807, 2.05) is 6.92 Å². The second kappa shape index (κ2) is 6.42. The summed E-state index contributed by atoms with van der Waals surface area (Å²) in [6, 6.07) is 2.41. The average molecular weight is 283 g/mol. The minimum absolute atomic E-state index is 0.159. The van der Waals surface area contributed by atoms with Crippen LogP contribution in [0, 0.1) is 11.6 Å². The Kier molecular flexibility index (Phi) is 4.62. The van der Waals surface area contributed by atoms with E-state index < -0.39 is 17.4 Å². The van der Waals surface area contributed by atoms with Crippen LogP contribution in [-0.4, -0.2) is 16.7 Å². The number of ether oxygens (including phenoxy) is 1. The molecule has 0 radical (unpaired) electrons. The van der Waals surface area contributed by atoms with Gasteiger partial charge in [-0.2, -0.15) is 4.98 Å². The zero-order valence-electron chi connectivity index (χ0n) is 11.0. The van der Waals surface area contributed by atoms with Gasteiger partial charge in [-0.05, 0) is 30.7 Å². The Balaban J connectivity index is 2.09. The number of benzene rings is 1. The Hall–Kier alpha value is -2.02. The van der Waals surface area contributed by atoms with E-state index in [4.69, 9.17) is 15.0 Å². The minimum atomic E-state index is -0.771. The third-order valence-electron chi connectivity index (χ3n) is 2.65. The molecule has 7 heteroatoms. The summed E-state index contributed by atoms with van der Waals surface area (Å²) in [6.07, 6.45) is 0.988. The maximum absolute atomic E-state index is 13.7. The van der Waals surface area contributed by atoms with Crippen LogP contribution in [0.5, 0.6) is 5.75 Å². The number of rotatable bonds is 6. The standard InChI is InChI=1S/C13H15F2N3O2/c1-2-12-17-11(18-20-12)7-19-13-9(14)5-8(3-4-16)6-10(13)15/h5-6H,2-4,7,16H2,1H3. The molecule has 108 valence electrons. The van der Waals surface area contributed by atoms with Gasteiger partial charge in [-0.15, -0.1) is 0 Å². The van der Waals surface area contributed by atoms with Crippen LogP contribution in [0.15, 0.2) is 16.7 Å². The fourth-order valence-electron chi connectivity index (χ4n) is 1.69. The Morgan fingerprint density at radius 3 is 2.55 bits per heavy atom. The fraction of sp³-hybridized carbons (Fsp3) is 0.385. The summed E-state index contributed by atoms with van der Waals surface area (Å²) in [4.78, 5) is 3.99. The predicted molar refractivity (Wildman–Crippen MR) is 67.1 cm³/mol. The van der Waals surface area contributed by atoms with Crippen molar-refractivity contribution in [3.63, 3.8) is 0 Å². The van der Waals surface area contributed by atoms with Gasteiger partial charge >= 0.3 is 0 Å². The highest BCUT2D eigenvalue weighted by molar-refractivity contribution is 5.31. The van der Waals surface area contributed by atoms with Crippen LogP contribution in [0.4, 0.5) is 8.78 Å². The molecule has 0 aliphatic carbocycles. The molecule has 2 aromatic rings. The van der Waals surface area contributed by atoms with E-state index in [0.717, 1.165) is 0 Å². The first-order valence-corrected chi connectivity index (χ1v) is 6.26. The smallest absolute Gasteiger partial charge is 0.226 e. The number of hydrogen-bond donors (Lipinski definition) is 1. The summed E-state index contributed by atoms with van der Waals surface area (Å²) in [5, 5.41) is 3.64. The third kappa shape index (κ3) is 3.30. The van der Waals surface area contributed by atoms with Crippen molar-refractivity contribution in [1.29, 1.82) is 0 Å². The Morgan fingerprint density at radius 2 is 2.00 bits per heavy atom. The Bertz CT molecular complexity index is 564. The molecule has 2 rings (SSSR count). The molecular weight excluding hydrogens is 268 g/mol. The zero-order chi connectivity index (χ0) is 14.5. The lowest BCUT2D eigenvalue weighted by Gasteiger charge is -2.08. The summed E-state index contributed by atoms with van der Waals surface area (Å²) in [6.45, 7) is 2.02. The molecule has 0 saturated carbocycles. The molecule has 0 fully saturated rings. The average Bonchev–Trinajstić information content (AvgIpc) is 2.86. The highest BCUT2D eigenvalue weighted by atomic mass is 19.1. The summed E-state index contributed by atoms with van der Waals surface area (Å²) in [5.41, 5.74) is 5.83. The van der Waals surface area contributed by atoms with Crippen molar-refractivity contribution in [2.75, 3.05) is 6.54 Å². The molecule has 0 atom stereocenters. The van der Waals surface area contributed by atoms with Crippen molar-refractivity contribution in [3.8, 4) is 5.75 Å². The largest absolute Gasteiger partial charge is 0.479 e. The first kappa shape index (κ1) is 14.4. The maximum Gasteiger partial charge on any atom is 0.226 e. The molecule has 0 unspecified atom stereocenters. The second-order valence-corrected chi connectivity index (χ2v) is 4.17. The van der Waals surface area contributed by atoms with Crippen LogP contribution in [-0.2, 0) is 19.4 Å². The van der Waals surface area contributed by atoms with Gasteiger partial charge in [-0.3, -0.25) is 0 Å². The second-order valence-electron chi connectivity index (χ2n) is 4.17. The summed E-state index contributed by atoms with van der Waals surface area (Å²) < 4.78 is 37.4. The first-order chi connectivity index (χ1) is 9.63. The predicted octanol–water partition coefficient (Wildman–Crippen LogP) is 1.99. The molecule has 0 aliphatic rings. The van der Waals surface area contributed by atoms with Crippen LogP contribution in [0.25, 0.3) is 0 Å². The van der Waals surface area contributed by atoms with Crippen LogP contribution in [0.1, 0.15) is 24.2 Å². The topological polar surface area (TPSA) is 74.2 Å². The van der Waals surface area contributed by atoms with Crippen molar-refractivity contribution in [1.82, 2.24) is 10.1 Å². The van der Waals surface area contributed by atoms with Gasteiger partial charge in [0.2, 0.25) is 11.7 Å². The van der Waals surface area contributed by atoms with Gasteiger partial charge in [0.25, 0.3) is 0 Å². The molecule has 0 amide bonds. The lowest BCUT2D eigenvalue weighted by atomic mass is 10.1. The monoisotopic (exact) mass is 283 g/mol. The van der Waals surface area contributed by atoms with Gasteiger partial charge < -0.3 is 15.0 Å². The molecule has 0 aliphatic heterocycles. The van der Waals surface area contributed by atoms with E-state index in [2.05, 4.69) is 10.1 Å². The van der Waals surface area contributed by atoms with Gasteiger partial charge in [-0.1, -0.05) is 12.1 Å².